The molecule has 1 aliphatic heterocycles. The van der Waals surface area contributed by atoms with Gasteiger partial charge in [0.25, 0.3) is 0 Å². The van der Waals surface area contributed by atoms with Gasteiger partial charge in [0.1, 0.15) is 5.82 Å². The van der Waals surface area contributed by atoms with Crippen LogP contribution < -0.4 is 10.6 Å². The molecule has 2 N–H and O–H groups in total. The monoisotopic (exact) mass is 383 g/mol. The molecule has 0 aliphatic carbocycles. The van der Waals surface area contributed by atoms with Crippen LogP contribution in [-0.4, -0.2) is 53.9 Å². The first kappa shape index (κ1) is 17.9. The van der Waals surface area contributed by atoms with Crippen molar-refractivity contribution in [3.63, 3.8) is 0 Å². The van der Waals surface area contributed by atoms with Crippen LogP contribution in [0.3, 0.4) is 0 Å². The van der Waals surface area contributed by atoms with Crippen molar-refractivity contribution in [2.24, 2.45) is 0 Å². The summed E-state index contributed by atoms with van der Waals surface area (Å²) in [6, 6.07) is 5.22. The van der Waals surface area contributed by atoms with Crippen LogP contribution in [-0.2, 0) is 16.6 Å². The van der Waals surface area contributed by atoms with E-state index in [1.54, 1.807) is 28.3 Å². The summed E-state index contributed by atoms with van der Waals surface area (Å²) in [5.74, 6) is 0.475. The molecule has 25 heavy (non-hydrogen) atoms. The van der Waals surface area contributed by atoms with Gasteiger partial charge in [-0.15, -0.1) is 11.3 Å². The molecule has 2 amide bonds. The zero-order chi connectivity index (χ0) is 17.7. The summed E-state index contributed by atoms with van der Waals surface area (Å²) in [7, 11) is -3.29. The first-order chi connectivity index (χ1) is 12.0. The minimum Gasteiger partial charge on any atom is -0.337 e. The highest BCUT2D eigenvalue weighted by Gasteiger charge is 2.24. The van der Waals surface area contributed by atoms with E-state index in [0.29, 0.717) is 25.5 Å². The molecule has 0 unspecified atom stereocenters. The van der Waals surface area contributed by atoms with Crippen molar-refractivity contribution in [1.82, 2.24) is 19.4 Å². The van der Waals surface area contributed by atoms with Gasteiger partial charge in [-0.2, -0.15) is 5.10 Å². The average molecular weight is 383 g/mol. The highest BCUT2D eigenvalue weighted by atomic mass is 32.2. The van der Waals surface area contributed by atoms with E-state index in [0.717, 1.165) is 17.7 Å². The van der Waals surface area contributed by atoms with Crippen molar-refractivity contribution >= 4 is 33.2 Å². The Hall–Kier alpha value is -1.91. The van der Waals surface area contributed by atoms with E-state index in [2.05, 4.69) is 15.7 Å². The maximum atomic E-state index is 12.1. The number of hydrogen-bond donors (Lipinski definition) is 2. The molecule has 0 radical (unpaired) electrons. The minimum absolute atomic E-state index is 0.0731. The summed E-state index contributed by atoms with van der Waals surface area (Å²) < 4.78 is 27.4. The fourth-order valence-corrected chi connectivity index (χ4v) is 4.78. The zero-order valence-corrected chi connectivity index (χ0v) is 15.4. The van der Waals surface area contributed by atoms with Gasteiger partial charge in [-0.3, -0.25) is 5.32 Å². The third-order valence-electron chi connectivity index (χ3n) is 3.95. The van der Waals surface area contributed by atoms with Gasteiger partial charge in [-0.05, 0) is 24.3 Å². The van der Waals surface area contributed by atoms with E-state index in [1.165, 1.54) is 4.31 Å². The van der Waals surface area contributed by atoms with E-state index in [1.807, 2.05) is 17.5 Å². The van der Waals surface area contributed by atoms with Gasteiger partial charge in [0.15, 0.2) is 0 Å². The second kappa shape index (κ2) is 7.98. The van der Waals surface area contributed by atoms with Gasteiger partial charge in [0.2, 0.25) is 10.0 Å². The fourth-order valence-electron chi connectivity index (χ4n) is 2.66. The van der Waals surface area contributed by atoms with Gasteiger partial charge in [-0.1, -0.05) is 6.07 Å². The normalized spacial score (nSPS) is 15.4. The molecule has 0 bridgehead atoms. The fraction of sp³-hybridized carbons (Fsp3) is 0.467. The molecule has 0 atom stereocenters. The minimum atomic E-state index is -3.29. The molecule has 1 saturated heterocycles. The van der Waals surface area contributed by atoms with Crippen LogP contribution in [0.2, 0.25) is 0 Å². The predicted molar refractivity (Wildman–Crippen MR) is 97.3 cm³/mol. The molecular weight excluding hydrogens is 362 g/mol. The van der Waals surface area contributed by atoms with E-state index in [4.69, 9.17) is 0 Å². The number of aromatic nitrogens is 2. The predicted octanol–water partition coefficient (Wildman–Crippen LogP) is 1.54. The first-order valence-corrected chi connectivity index (χ1v) is 10.6. The third kappa shape index (κ3) is 4.80. The highest BCUT2D eigenvalue weighted by Crippen LogP contribution is 2.14. The largest absolute Gasteiger partial charge is 0.337 e. The molecule has 2 aromatic rings. The number of hydrogen-bond acceptors (Lipinski definition) is 5. The van der Waals surface area contributed by atoms with Crippen molar-refractivity contribution in [2.75, 3.05) is 30.7 Å². The molecule has 8 nitrogen and oxygen atoms in total. The topological polar surface area (TPSA) is 96.3 Å². The number of amides is 2. The summed E-state index contributed by atoms with van der Waals surface area (Å²) in [6.07, 6.45) is 3.42. The summed E-state index contributed by atoms with van der Waals surface area (Å²) in [5.41, 5.74) is 0. The molecule has 3 rings (SSSR count). The lowest BCUT2D eigenvalue weighted by Crippen LogP contribution is -2.38. The summed E-state index contributed by atoms with van der Waals surface area (Å²) >= 11 is 1.62. The lowest BCUT2D eigenvalue weighted by Gasteiger charge is -2.15. The van der Waals surface area contributed by atoms with Crippen LogP contribution in [0.4, 0.5) is 10.6 Å². The quantitative estimate of drug-likeness (QED) is 0.758. The van der Waals surface area contributed by atoms with Crippen molar-refractivity contribution in [3.8, 4) is 0 Å². The number of nitrogens with one attached hydrogen (secondary N) is 2. The zero-order valence-electron chi connectivity index (χ0n) is 13.7. The molecular formula is C15H21N5O3S2. The van der Waals surface area contributed by atoms with Gasteiger partial charge in [-0.25, -0.2) is 22.2 Å². The summed E-state index contributed by atoms with van der Waals surface area (Å²) in [6.45, 7) is 1.81. The average Bonchev–Trinajstić information content (AvgIpc) is 3.30. The Balaban J connectivity index is 1.47. The Labute approximate surface area is 150 Å². The standard InChI is InChI=1S/C15H21N5O3S2/c21-15(16-7-11-25(22,23)19-8-1-2-9-19)18-14-5-6-17-20(14)12-13-4-3-10-24-13/h3-6,10H,1-2,7-9,11-12H2,(H2,16,18,21). The van der Waals surface area contributed by atoms with Crippen LogP contribution in [0.5, 0.6) is 0 Å². The van der Waals surface area contributed by atoms with Gasteiger partial charge in [0, 0.05) is 30.6 Å². The van der Waals surface area contributed by atoms with Crippen LogP contribution in [0.1, 0.15) is 17.7 Å². The van der Waals surface area contributed by atoms with Crippen molar-refractivity contribution in [3.05, 3.63) is 34.7 Å². The molecule has 10 heteroatoms. The summed E-state index contributed by atoms with van der Waals surface area (Å²) in [5, 5.41) is 11.5. The number of nitrogens with zero attached hydrogens (tertiary/aromatic N) is 3. The number of rotatable bonds is 7. The second-order valence-corrected chi connectivity index (χ2v) is 8.88. The van der Waals surface area contributed by atoms with Gasteiger partial charge < -0.3 is 5.32 Å². The molecule has 3 heterocycles. The number of urea groups is 1. The Morgan fingerprint density at radius 1 is 1.28 bits per heavy atom. The summed E-state index contributed by atoms with van der Waals surface area (Å²) in [4.78, 5) is 13.1. The van der Waals surface area contributed by atoms with Crippen LogP contribution >= 0.6 is 11.3 Å². The Morgan fingerprint density at radius 2 is 2.08 bits per heavy atom. The Bertz CT molecular complexity index is 795. The molecule has 1 aliphatic rings. The molecule has 1 fully saturated rings. The molecule has 0 aromatic carbocycles. The number of anilines is 1. The van der Waals surface area contributed by atoms with Crippen LogP contribution in [0.15, 0.2) is 29.8 Å². The smallest absolute Gasteiger partial charge is 0.320 e. The Kier molecular flexibility index (Phi) is 5.71. The molecule has 136 valence electrons. The maximum absolute atomic E-state index is 12.1. The lowest BCUT2D eigenvalue weighted by atomic mass is 10.4. The van der Waals surface area contributed by atoms with Crippen molar-refractivity contribution < 1.29 is 13.2 Å². The van der Waals surface area contributed by atoms with Crippen molar-refractivity contribution in [2.45, 2.75) is 19.4 Å². The van der Waals surface area contributed by atoms with Gasteiger partial charge >= 0.3 is 6.03 Å². The molecule has 0 spiro atoms. The highest BCUT2D eigenvalue weighted by molar-refractivity contribution is 7.89. The van der Waals surface area contributed by atoms with Crippen LogP contribution in [0, 0.1) is 0 Å². The van der Waals surface area contributed by atoms with Gasteiger partial charge in [0.05, 0.1) is 18.5 Å². The second-order valence-electron chi connectivity index (χ2n) is 5.76. The first-order valence-electron chi connectivity index (χ1n) is 8.11. The Morgan fingerprint density at radius 3 is 2.80 bits per heavy atom. The molecule has 2 aromatic heterocycles. The number of carbonyl (C=O) groups excluding carboxylic acids is 1. The number of carbonyl (C=O) groups is 1. The lowest BCUT2D eigenvalue weighted by molar-refractivity contribution is 0.252. The van der Waals surface area contributed by atoms with E-state index >= 15 is 0 Å². The molecule has 0 saturated carbocycles. The van der Waals surface area contributed by atoms with Crippen LogP contribution in [0.25, 0.3) is 0 Å². The van der Waals surface area contributed by atoms with E-state index in [-0.39, 0.29) is 12.3 Å². The number of sulfonamides is 1. The SMILES string of the molecule is O=C(NCCS(=O)(=O)N1CCCC1)Nc1ccnn1Cc1cccs1. The van der Waals surface area contributed by atoms with E-state index < -0.39 is 16.1 Å². The number of thiophene rings is 1. The van der Waals surface area contributed by atoms with Crippen molar-refractivity contribution in [1.29, 1.82) is 0 Å². The van der Waals surface area contributed by atoms with E-state index in [9.17, 15) is 13.2 Å². The maximum Gasteiger partial charge on any atom is 0.320 e. The third-order valence-corrected chi connectivity index (χ3v) is 6.68.